The molecule has 1 fully saturated rings. The summed E-state index contributed by atoms with van der Waals surface area (Å²) in [7, 11) is 0. The average Bonchev–Trinajstić information content (AvgIpc) is 1.23. The molecule has 1 aliphatic heterocycles. The van der Waals surface area contributed by atoms with E-state index in [1.54, 1.807) is 0 Å². The molecule has 1 saturated heterocycles. The maximum atomic E-state index is 10.4. The van der Waals surface area contributed by atoms with Gasteiger partial charge in [0, 0.05) is 22.6 Å². The van der Waals surface area contributed by atoms with E-state index in [0.29, 0.717) is 0 Å². The lowest BCUT2D eigenvalue weighted by atomic mass is 10.1. The van der Waals surface area contributed by atoms with Crippen LogP contribution in [0, 0.1) is 0 Å². The van der Waals surface area contributed by atoms with Gasteiger partial charge in [0.05, 0.1) is 6.04 Å². The lowest BCUT2D eigenvalue weighted by molar-refractivity contribution is -0.112. The van der Waals surface area contributed by atoms with Gasteiger partial charge in [-0.3, -0.25) is 4.79 Å². The zero-order chi connectivity index (χ0) is 5.28. The molecular formula is C4H6INO. The first-order chi connectivity index (χ1) is 3.30. The minimum Gasteiger partial charge on any atom is -0.307 e. The quantitative estimate of drug-likeness (QED) is 0.499. The number of hydrogen-bond acceptors (Lipinski definition) is 2. The Labute approximate surface area is 55.8 Å². The fourth-order valence-electron chi connectivity index (χ4n) is 0.482. The van der Waals surface area contributed by atoms with Gasteiger partial charge in [-0.15, -0.1) is 0 Å². The summed E-state index contributed by atoms with van der Waals surface area (Å²) in [6.45, 7) is 1.01. The summed E-state index contributed by atoms with van der Waals surface area (Å²) in [5.74, 6) is 0. The van der Waals surface area contributed by atoms with E-state index in [0.717, 1.165) is 13.0 Å². The molecule has 0 aliphatic carbocycles. The van der Waals surface area contributed by atoms with Gasteiger partial charge < -0.3 is 5.32 Å². The van der Waals surface area contributed by atoms with Crippen molar-refractivity contribution < 1.29 is 4.79 Å². The summed E-state index contributed by atoms with van der Waals surface area (Å²) in [4.78, 5) is 10.4. The van der Waals surface area contributed by atoms with E-state index in [9.17, 15) is 4.79 Å². The molecule has 1 rings (SSSR count). The van der Waals surface area contributed by atoms with Gasteiger partial charge in [0.25, 0.3) is 0 Å². The zero-order valence-corrected chi connectivity index (χ0v) is 5.94. The Morgan fingerprint density at radius 3 is 2.43 bits per heavy atom. The highest BCUT2D eigenvalue weighted by Crippen LogP contribution is 2.06. The van der Waals surface area contributed by atoms with Crippen LogP contribution in [0.15, 0.2) is 0 Å². The van der Waals surface area contributed by atoms with Gasteiger partial charge in [0.15, 0.2) is 0 Å². The minimum absolute atomic E-state index is 0.181. The molecule has 1 aliphatic rings. The Morgan fingerprint density at radius 1 is 1.86 bits per heavy atom. The van der Waals surface area contributed by atoms with E-state index in [1.165, 1.54) is 0 Å². The van der Waals surface area contributed by atoms with Crippen molar-refractivity contribution in [2.75, 3.05) is 6.54 Å². The van der Waals surface area contributed by atoms with Gasteiger partial charge in [0.2, 0.25) is 3.79 Å². The van der Waals surface area contributed by atoms with Crippen LogP contribution >= 0.6 is 22.6 Å². The summed E-state index contributed by atoms with van der Waals surface area (Å²) in [5, 5.41) is 2.99. The third kappa shape index (κ3) is 1.13. The molecule has 0 unspecified atom stereocenters. The molecule has 1 atom stereocenters. The first kappa shape index (κ1) is 5.50. The average molecular weight is 211 g/mol. The van der Waals surface area contributed by atoms with E-state index in [-0.39, 0.29) is 9.83 Å². The lowest BCUT2D eigenvalue weighted by Gasteiger charge is -2.23. The number of hydrogen-bond donors (Lipinski definition) is 1. The second-order valence-electron chi connectivity index (χ2n) is 1.60. The summed E-state index contributed by atoms with van der Waals surface area (Å²) in [6, 6.07) is 0.181. The summed E-state index contributed by atoms with van der Waals surface area (Å²) < 4.78 is 0.240. The highest BCUT2D eigenvalue weighted by molar-refractivity contribution is 14.1. The van der Waals surface area contributed by atoms with Crippen molar-refractivity contribution in [2.45, 2.75) is 12.5 Å². The smallest absolute Gasteiger partial charge is 0.209 e. The topological polar surface area (TPSA) is 29.1 Å². The van der Waals surface area contributed by atoms with E-state index < -0.39 is 0 Å². The highest BCUT2D eigenvalue weighted by atomic mass is 127. The SMILES string of the molecule is O=C(I)[C@H]1CCN1. The molecule has 0 amide bonds. The van der Waals surface area contributed by atoms with Crippen LogP contribution in [0.1, 0.15) is 6.42 Å². The first-order valence-electron chi connectivity index (χ1n) is 2.23. The molecule has 1 N–H and O–H groups in total. The Balaban J connectivity index is 2.27. The van der Waals surface area contributed by atoms with Crippen LogP contribution in [0.5, 0.6) is 0 Å². The van der Waals surface area contributed by atoms with Crippen LogP contribution in [0.25, 0.3) is 0 Å². The number of carbonyl (C=O) groups is 1. The van der Waals surface area contributed by atoms with Crippen molar-refractivity contribution in [3.8, 4) is 0 Å². The molecule has 0 radical (unpaired) electrons. The fourth-order valence-corrected chi connectivity index (χ4v) is 1.01. The van der Waals surface area contributed by atoms with Crippen LogP contribution in [0.3, 0.4) is 0 Å². The van der Waals surface area contributed by atoms with Gasteiger partial charge in [-0.05, 0) is 13.0 Å². The summed E-state index contributed by atoms with van der Waals surface area (Å²) >= 11 is 1.82. The number of carbonyl (C=O) groups excluding carboxylic acids is 1. The Bertz CT molecular complexity index is 89.7. The van der Waals surface area contributed by atoms with Crippen molar-refractivity contribution in [3.05, 3.63) is 0 Å². The van der Waals surface area contributed by atoms with Crippen molar-refractivity contribution >= 4 is 26.4 Å². The first-order valence-corrected chi connectivity index (χ1v) is 3.31. The van der Waals surface area contributed by atoms with Gasteiger partial charge in [-0.1, -0.05) is 0 Å². The maximum absolute atomic E-state index is 10.4. The number of halogens is 1. The number of nitrogens with one attached hydrogen (secondary N) is 1. The molecule has 0 saturated carbocycles. The van der Waals surface area contributed by atoms with Gasteiger partial charge in [0.1, 0.15) is 0 Å². The predicted molar refractivity (Wildman–Crippen MR) is 35.4 cm³/mol. The van der Waals surface area contributed by atoms with E-state index in [1.807, 2.05) is 22.6 Å². The molecule has 0 aromatic carbocycles. The maximum Gasteiger partial charge on any atom is 0.209 e. The Hall–Kier alpha value is 0.360. The molecule has 3 heteroatoms. The fraction of sp³-hybridized carbons (Fsp3) is 0.750. The summed E-state index contributed by atoms with van der Waals surface area (Å²) in [5.41, 5.74) is 0. The van der Waals surface area contributed by atoms with E-state index >= 15 is 0 Å². The van der Waals surface area contributed by atoms with Gasteiger partial charge in [-0.25, -0.2) is 0 Å². The minimum atomic E-state index is 0.181. The lowest BCUT2D eigenvalue weighted by Crippen LogP contribution is -2.46. The molecule has 0 aromatic rings. The molecule has 0 bridgehead atoms. The molecule has 7 heavy (non-hydrogen) atoms. The largest absolute Gasteiger partial charge is 0.307 e. The van der Waals surface area contributed by atoms with Crippen LogP contribution in [-0.4, -0.2) is 16.4 Å². The molecule has 1 heterocycles. The normalized spacial score (nSPS) is 29.0. The Morgan fingerprint density at radius 2 is 2.43 bits per heavy atom. The predicted octanol–water partition coefficient (Wildman–Crippen LogP) is 0.310. The second-order valence-corrected chi connectivity index (χ2v) is 2.66. The van der Waals surface area contributed by atoms with Gasteiger partial charge in [-0.2, -0.15) is 0 Å². The third-order valence-electron chi connectivity index (χ3n) is 1.10. The standard InChI is InChI=1S/C4H6INO/c5-4(7)3-1-2-6-3/h3,6H,1-2H2/t3-/m1/s1. The molecule has 40 valence electrons. The van der Waals surface area contributed by atoms with E-state index in [2.05, 4.69) is 5.32 Å². The van der Waals surface area contributed by atoms with Crippen LogP contribution in [0.2, 0.25) is 0 Å². The Kier molecular flexibility index (Phi) is 1.64. The molecule has 2 nitrogen and oxygen atoms in total. The van der Waals surface area contributed by atoms with Crippen LogP contribution in [0.4, 0.5) is 0 Å². The second kappa shape index (κ2) is 2.09. The number of rotatable bonds is 1. The van der Waals surface area contributed by atoms with Crippen molar-refractivity contribution in [2.24, 2.45) is 0 Å². The zero-order valence-electron chi connectivity index (χ0n) is 3.78. The molecule has 0 spiro atoms. The molecular weight excluding hydrogens is 205 g/mol. The van der Waals surface area contributed by atoms with Crippen LogP contribution in [-0.2, 0) is 4.79 Å². The van der Waals surface area contributed by atoms with Crippen molar-refractivity contribution in [1.29, 1.82) is 0 Å². The highest BCUT2D eigenvalue weighted by Gasteiger charge is 2.21. The monoisotopic (exact) mass is 211 g/mol. The third-order valence-corrected chi connectivity index (χ3v) is 1.85. The van der Waals surface area contributed by atoms with Crippen LogP contribution < -0.4 is 5.32 Å². The van der Waals surface area contributed by atoms with Crippen molar-refractivity contribution in [3.63, 3.8) is 0 Å². The molecule has 0 aromatic heterocycles. The summed E-state index contributed by atoms with van der Waals surface area (Å²) in [6.07, 6.45) is 1.03. The van der Waals surface area contributed by atoms with Gasteiger partial charge >= 0.3 is 0 Å². The van der Waals surface area contributed by atoms with Crippen molar-refractivity contribution in [1.82, 2.24) is 5.32 Å². The van der Waals surface area contributed by atoms with E-state index in [4.69, 9.17) is 0 Å².